The third-order valence-electron chi connectivity index (χ3n) is 3.61. The van der Waals surface area contributed by atoms with Crippen LogP contribution in [-0.4, -0.2) is 52.7 Å². The van der Waals surface area contributed by atoms with Crippen molar-refractivity contribution in [1.29, 1.82) is 0 Å². The van der Waals surface area contributed by atoms with Crippen molar-refractivity contribution in [3.8, 4) is 5.75 Å². The maximum Gasteiger partial charge on any atom is 0.258 e. The molecule has 3 N–H and O–H groups in total. The Labute approximate surface area is 116 Å². The molecular weight excluding hydrogens is 268 g/mol. The molecule has 1 aliphatic rings. The minimum absolute atomic E-state index is 0.0944. The van der Waals surface area contributed by atoms with Crippen molar-refractivity contribution < 1.29 is 19.0 Å². The molecule has 1 saturated heterocycles. The average molecular weight is 287 g/mol. The number of hydrogen-bond donors (Lipinski definition) is 3. The first-order valence-corrected chi connectivity index (χ1v) is 6.57. The van der Waals surface area contributed by atoms with E-state index in [1.165, 1.54) is 6.20 Å². The molecule has 2 heterocycles. The fourth-order valence-electron chi connectivity index (χ4n) is 2.54. The largest absolute Gasteiger partial charge is 0.506 e. The third kappa shape index (κ3) is 2.89. The molecule has 20 heavy (non-hydrogen) atoms. The van der Waals surface area contributed by atoms with Gasteiger partial charge in [-0.15, -0.1) is 0 Å². The number of nitrogens with zero attached hydrogens (tertiary/aromatic N) is 2. The second kappa shape index (κ2) is 6.43. The van der Waals surface area contributed by atoms with Gasteiger partial charge in [-0.2, -0.15) is 0 Å². The summed E-state index contributed by atoms with van der Waals surface area (Å²) in [5.41, 5.74) is 0.631. The van der Waals surface area contributed by atoms with Crippen LogP contribution < -0.4 is 5.32 Å². The Hall–Kier alpha value is -1.31. The van der Waals surface area contributed by atoms with Gasteiger partial charge in [0.15, 0.2) is 0 Å². The number of aromatic nitrogens is 1. The van der Waals surface area contributed by atoms with Gasteiger partial charge in [0.1, 0.15) is 11.8 Å². The van der Waals surface area contributed by atoms with Crippen molar-refractivity contribution in [3.63, 3.8) is 0 Å². The fraction of sp³-hybridized carbons (Fsp3) is 0.615. The minimum atomic E-state index is -2.65. The highest BCUT2D eigenvalue weighted by molar-refractivity contribution is 5.43. The van der Waals surface area contributed by atoms with Gasteiger partial charge in [-0.1, -0.05) is 0 Å². The predicted octanol–water partition coefficient (Wildman–Crippen LogP) is 0.799. The zero-order valence-corrected chi connectivity index (χ0v) is 11.3. The summed E-state index contributed by atoms with van der Waals surface area (Å²) in [4.78, 5) is 5.55. The highest BCUT2D eigenvalue weighted by atomic mass is 19.3. The van der Waals surface area contributed by atoms with Crippen LogP contribution in [-0.2, 0) is 6.61 Å². The van der Waals surface area contributed by atoms with E-state index in [9.17, 15) is 19.0 Å². The van der Waals surface area contributed by atoms with Crippen LogP contribution in [0.15, 0.2) is 6.20 Å². The van der Waals surface area contributed by atoms with Crippen molar-refractivity contribution in [2.45, 2.75) is 26.0 Å². The number of aromatic hydroxyl groups is 1. The van der Waals surface area contributed by atoms with Gasteiger partial charge in [0.05, 0.1) is 12.3 Å². The summed E-state index contributed by atoms with van der Waals surface area (Å²) < 4.78 is 27.0. The van der Waals surface area contributed by atoms with Crippen LogP contribution in [0.25, 0.3) is 0 Å². The zero-order valence-electron chi connectivity index (χ0n) is 11.3. The molecule has 0 saturated carbocycles. The molecule has 1 aromatic heterocycles. The number of halogens is 2. The molecule has 2 rings (SSSR count). The third-order valence-corrected chi connectivity index (χ3v) is 3.61. The molecule has 1 aliphatic heterocycles. The van der Waals surface area contributed by atoms with Crippen LogP contribution in [0.5, 0.6) is 5.75 Å². The van der Waals surface area contributed by atoms with E-state index < -0.39 is 19.1 Å². The van der Waals surface area contributed by atoms with Crippen molar-refractivity contribution >= 4 is 0 Å². The first-order valence-electron chi connectivity index (χ1n) is 6.57. The maximum absolute atomic E-state index is 13.5. The number of pyridine rings is 1. The molecule has 0 aromatic carbocycles. The van der Waals surface area contributed by atoms with E-state index in [-0.39, 0.29) is 22.6 Å². The zero-order chi connectivity index (χ0) is 14.7. The molecule has 1 fully saturated rings. The number of rotatable bonds is 4. The normalized spacial score (nSPS) is 18.4. The van der Waals surface area contributed by atoms with E-state index >= 15 is 0 Å². The minimum Gasteiger partial charge on any atom is -0.506 e. The Morgan fingerprint density at radius 3 is 2.60 bits per heavy atom. The van der Waals surface area contributed by atoms with Gasteiger partial charge in [-0.3, -0.25) is 9.88 Å². The maximum atomic E-state index is 13.5. The molecule has 0 unspecified atom stereocenters. The van der Waals surface area contributed by atoms with Crippen molar-refractivity contribution in [3.05, 3.63) is 23.0 Å². The Morgan fingerprint density at radius 2 is 2.05 bits per heavy atom. The van der Waals surface area contributed by atoms with Crippen molar-refractivity contribution in [1.82, 2.24) is 15.2 Å². The molecule has 112 valence electrons. The van der Waals surface area contributed by atoms with Gasteiger partial charge < -0.3 is 15.5 Å². The van der Waals surface area contributed by atoms with E-state index in [0.29, 0.717) is 26.2 Å². The van der Waals surface area contributed by atoms with Crippen LogP contribution in [0.4, 0.5) is 8.78 Å². The van der Waals surface area contributed by atoms with E-state index in [1.807, 2.05) is 0 Å². The SMILES string of the molecule is Cc1ncc(CO)c([C@H](C(F)F)N2CCNCC2)c1O. The summed E-state index contributed by atoms with van der Waals surface area (Å²) in [5.74, 6) is -0.250. The van der Waals surface area contributed by atoms with E-state index in [2.05, 4.69) is 10.3 Å². The van der Waals surface area contributed by atoms with Crippen molar-refractivity contribution in [2.75, 3.05) is 26.2 Å². The fourth-order valence-corrected chi connectivity index (χ4v) is 2.54. The van der Waals surface area contributed by atoms with Crippen molar-refractivity contribution in [2.24, 2.45) is 0 Å². The summed E-state index contributed by atoms with van der Waals surface area (Å²) >= 11 is 0. The standard InChI is InChI=1S/C13H19F2N3O2/c1-8-12(20)10(9(7-19)6-17-8)11(13(14)15)18-4-2-16-3-5-18/h6,11,13,16,19-20H,2-5,7H2,1H3/t11-/m1/s1. The number of aliphatic hydroxyl groups is 1. The van der Waals surface area contributed by atoms with E-state index in [1.54, 1.807) is 11.8 Å². The van der Waals surface area contributed by atoms with E-state index in [4.69, 9.17) is 0 Å². The molecule has 0 bridgehead atoms. The summed E-state index contributed by atoms with van der Waals surface area (Å²) in [5, 5.41) is 22.5. The lowest BCUT2D eigenvalue weighted by Crippen LogP contribution is -2.47. The quantitative estimate of drug-likeness (QED) is 0.764. The molecule has 7 heteroatoms. The molecule has 1 aromatic rings. The second-order valence-electron chi connectivity index (χ2n) is 4.85. The second-order valence-corrected chi connectivity index (χ2v) is 4.85. The van der Waals surface area contributed by atoms with Gasteiger partial charge >= 0.3 is 0 Å². The van der Waals surface area contributed by atoms with E-state index in [0.717, 1.165) is 0 Å². The van der Waals surface area contributed by atoms with Gasteiger partial charge in [0.25, 0.3) is 6.43 Å². The topological polar surface area (TPSA) is 68.6 Å². The van der Waals surface area contributed by atoms with Gasteiger partial charge in [0, 0.05) is 43.5 Å². The first kappa shape index (κ1) is 15.1. The smallest absolute Gasteiger partial charge is 0.258 e. The lowest BCUT2D eigenvalue weighted by Gasteiger charge is -2.35. The van der Waals surface area contributed by atoms with Gasteiger partial charge in [-0.25, -0.2) is 8.78 Å². The van der Waals surface area contributed by atoms with Gasteiger partial charge in [-0.05, 0) is 6.92 Å². The monoisotopic (exact) mass is 287 g/mol. The average Bonchev–Trinajstić information content (AvgIpc) is 2.45. The number of alkyl halides is 2. The predicted molar refractivity (Wildman–Crippen MR) is 69.7 cm³/mol. The van der Waals surface area contributed by atoms with Crippen LogP contribution in [0.1, 0.15) is 22.9 Å². The number of aliphatic hydroxyl groups excluding tert-OH is 1. The highest BCUT2D eigenvalue weighted by Gasteiger charge is 2.34. The summed E-state index contributed by atoms with van der Waals surface area (Å²) in [6.07, 6.45) is -1.30. The first-order chi connectivity index (χ1) is 9.56. The lowest BCUT2D eigenvalue weighted by molar-refractivity contribution is 0.0159. The molecule has 0 spiro atoms. The van der Waals surface area contributed by atoms with Crippen LogP contribution in [0, 0.1) is 6.92 Å². The van der Waals surface area contributed by atoms with Crippen LogP contribution in [0.3, 0.4) is 0 Å². The molecule has 0 amide bonds. The van der Waals surface area contributed by atoms with Crippen LogP contribution in [0.2, 0.25) is 0 Å². The number of nitrogens with one attached hydrogen (secondary N) is 1. The van der Waals surface area contributed by atoms with Crippen LogP contribution >= 0.6 is 0 Å². The number of piperazine rings is 1. The Bertz CT molecular complexity index is 465. The summed E-state index contributed by atoms with van der Waals surface area (Å²) in [7, 11) is 0. The molecule has 1 atom stereocenters. The lowest BCUT2D eigenvalue weighted by atomic mass is 9.98. The highest BCUT2D eigenvalue weighted by Crippen LogP contribution is 2.37. The number of hydrogen-bond acceptors (Lipinski definition) is 5. The molecule has 0 aliphatic carbocycles. The number of aryl methyl sites for hydroxylation is 1. The Morgan fingerprint density at radius 1 is 1.40 bits per heavy atom. The molecule has 5 nitrogen and oxygen atoms in total. The Kier molecular flexibility index (Phi) is 4.85. The molecular formula is C13H19F2N3O2. The Balaban J connectivity index is 2.45. The summed E-state index contributed by atoms with van der Waals surface area (Å²) in [6.45, 7) is 3.33. The summed E-state index contributed by atoms with van der Waals surface area (Å²) in [6, 6.07) is -1.22. The van der Waals surface area contributed by atoms with Gasteiger partial charge in [0.2, 0.25) is 0 Å². The molecule has 0 radical (unpaired) electrons.